The molecule has 0 spiro atoms. The number of nitrogen functional groups attached to an aromatic ring is 1. The van der Waals surface area contributed by atoms with Crippen molar-refractivity contribution in [2.24, 2.45) is 0 Å². The normalized spacial score (nSPS) is 14.7. The van der Waals surface area contributed by atoms with Gasteiger partial charge in [-0.1, -0.05) is 0 Å². The molecular weight excluding hydrogens is 282 g/mol. The molecule has 3 rings (SSSR count). The highest BCUT2D eigenvalue weighted by molar-refractivity contribution is 7.94. The van der Waals surface area contributed by atoms with Crippen molar-refractivity contribution in [1.82, 2.24) is 4.98 Å². The van der Waals surface area contributed by atoms with Gasteiger partial charge in [0.1, 0.15) is 0 Å². The molecule has 0 atom stereocenters. The molecule has 0 saturated heterocycles. The Labute approximate surface area is 115 Å². The minimum Gasteiger partial charge on any atom is -0.399 e. The van der Waals surface area contributed by atoms with Crippen LogP contribution >= 0.6 is 11.3 Å². The monoisotopic (exact) mass is 295 g/mol. The molecule has 19 heavy (non-hydrogen) atoms. The number of benzene rings is 1. The molecule has 100 valence electrons. The fourth-order valence-corrected chi connectivity index (χ4v) is 4.94. The fraction of sp³-hybridized carbons (Fsp3) is 0.250. The van der Waals surface area contributed by atoms with E-state index in [9.17, 15) is 8.42 Å². The maximum absolute atomic E-state index is 12.6. The first-order chi connectivity index (χ1) is 8.98. The van der Waals surface area contributed by atoms with E-state index in [-0.39, 0.29) is 4.21 Å². The predicted octanol–water partition coefficient (Wildman–Crippen LogP) is 1.79. The smallest absolute Gasteiger partial charge is 0.275 e. The third kappa shape index (κ3) is 1.98. The maximum atomic E-state index is 12.6. The van der Waals surface area contributed by atoms with E-state index in [2.05, 4.69) is 4.98 Å². The van der Waals surface area contributed by atoms with Crippen molar-refractivity contribution in [2.45, 2.75) is 17.6 Å². The van der Waals surface area contributed by atoms with Gasteiger partial charge in [-0.3, -0.25) is 4.31 Å². The van der Waals surface area contributed by atoms with E-state index in [1.54, 1.807) is 19.1 Å². The van der Waals surface area contributed by atoms with Crippen molar-refractivity contribution in [3.8, 4) is 0 Å². The fourth-order valence-electron chi connectivity index (χ4n) is 2.21. The molecule has 0 unspecified atom stereocenters. The highest BCUT2D eigenvalue weighted by Gasteiger charge is 2.32. The molecule has 2 heterocycles. The predicted molar refractivity (Wildman–Crippen MR) is 75.9 cm³/mol. The van der Waals surface area contributed by atoms with E-state index in [1.807, 2.05) is 6.07 Å². The van der Waals surface area contributed by atoms with Gasteiger partial charge in [0.25, 0.3) is 10.0 Å². The van der Waals surface area contributed by atoms with E-state index in [0.29, 0.717) is 18.7 Å². The summed E-state index contributed by atoms with van der Waals surface area (Å²) in [5.41, 5.74) is 8.08. The summed E-state index contributed by atoms with van der Waals surface area (Å²) in [6.45, 7) is 2.25. The van der Waals surface area contributed by atoms with Gasteiger partial charge >= 0.3 is 0 Å². The number of aryl methyl sites for hydroxylation is 1. The largest absolute Gasteiger partial charge is 0.399 e. The van der Waals surface area contributed by atoms with Crippen LogP contribution in [0, 0.1) is 6.92 Å². The van der Waals surface area contributed by atoms with Gasteiger partial charge in [-0.2, -0.15) is 0 Å². The lowest BCUT2D eigenvalue weighted by Crippen LogP contribution is -2.28. The highest BCUT2D eigenvalue weighted by Crippen LogP contribution is 2.35. The zero-order chi connectivity index (χ0) is 13.6. The maximum Gasteiger partial charge on any atom is 0.275 e. The van der Waals surface area contributed by atoms with Gasteiger partial charge in [0.15, 0.2) is 4.21 Å². The third-order valence-corrected chi connectivity index (χ3v) is 6.26. The lowest BCUT2D eigenvalue weighted by molar-refractivity contribution is 0.594. The minimum absolute atomic E-state index is 0.287. The second-order valence-corrected chi connectivity index (χ2v) is 7.74. The average Bonchev–Trinajstić information content (AvgIpc) is 2.95. The number of fused-ring (bicyclic) bond motifs is 1. The summed E-state index contributed by atoms with van der Waals surface area (Å²) in [5.74, 6) is 0. The van der Waals surface area contributed by atoms with Crippen LogP contribution in [0.2, 0.25) is 0 Å². The van der Waals surface area contributed by atoms with Crippen molar-refractivity contribution in [3.05, 3.63) is 35.0 Å². The number of rotatable bonds is 2. The van der Waals surface area contributed by atoms with Gasteiger partial charge in [-0.05, 0) is 37.1 Å². The second-order valence-electron chi connectivity index (χ2n) is 4.41. The summed E-state index contributed by atoms with van der Waals surface area (Å²) in [6, 6.07) is 5.33. The molecule has 0 aliphatic carbocycles. The van der Waals surface area contributed by atoms with E-state index in [0.717, 1.165) is 16.3 Å². The number of hydrogen-bond acceptors (Lipinski definition) is 5. The Kier molecular flexibility index (Phi) is 2.75. The lowest BCUT2D eigenvalue weighted by atomic mass is 10.1. The van der Waals surface area contributed by atoms with Crippen molar-refractivity contribution < 1.29 is 8.42 Å². The van der Waals surface area contributed by atoms with Crippen LogP contribution in [0.5, 0.6) is 0 Å². The van der Waals surface area contributed by atoms with E-state index >= 15 is 0 Å². The van der Waals surface area contributed by atoms with E-state index in [1.165, 1.54) is 21.8 Å². The quantitative estimate of drug-likeness (QED) is 0.857. The summed E-state index contributed by atoms with van der Waals surface area (Å²) < 4.78 is 26.8. The Bertz CT molecular complexity index is 737. The molecule has 1 aliphatic heterocycles. The number of sulfonamides is 1. The van der Waals surface area contributed by atoms with Crippen LogP contribution in [0.1, 0.15) is 10.6 Å². The molecule has 0 saturated carbocycles. The van der Waals surface area contributed by atoms with Gasteiger partial charge in [0, 0.05) is 12.2 Å². The minimum atomic E-state index is -3.50. The van der Waals surface area contributed by atoms with Crippen LogP contribution in [0.15, 0.2) is 28.6 Å². The summed E-state index contributed by atoms with van der Waals surface area (Å²) in [5, 5.41) is 0.746. The average molecular weight is 295 g/mol. The van der Waals surface area contributed by atoms with Crippen LogP contribution in [-0.2, 0) is 16.4 Å². The summed E-state index contributed by atoms with van der Waals surface area (Å²) in [4.78, 5) is 4.02. The van der Waals surface area contributed by atoms with Gasteiger partial charge in [0.05, 0.1) is 16.9 Å². The van der Waals surface area contributed by atoms with Crippen LogP contribution in [0.25, 0.3) is 0 Å². The first kappa shape index (κ1) is 12.4. The Morgan fingerprint density at radius 3 is 2.89 bits per heavy atom. The molecule has 0 fully saturated rings. The third-order valence-electron chi connectivity index (χ3n) is 3.10. The number of hydrogen-bond donors (Lipinski definition) is 1. The van der Waals surface area contributed by atoms with Crippen LogP contribution < -0.4 is 10.0 Å². The molecule has 0 bridgehead atoms. The molecular formula is C12H13N3O2S2. The Balaban J connectivity index is 2.06. The van der Waals surface area contributed by atoms with Gasteiger partial charge in [-0.15, -0.1) is 11.3 Å². The van der Waals surface area contributed by atoms with Crippen molar-refractivity contribution in [3.63, 3.8) is 0 Å². The number of thiazole rings is 1. The Morgan fingerprint density at radius 2 is 2.21 bits per heavy atom. The highest BCUT2D eigenvalue weighted by atomic mass is 32.2. The summed E-state index contributed by atoms with van der Waals surface area (Å²) in [6.07, 6.45) is 2.11. The molecule has 1 aliphatic rings. The molecule has 2 aromatic rings. The van der Waals surface area contributed by atoms with Crippen molar-refractivity contribution in [1.29, 1.82) is 0 Å². The topological polar surface area (TPSA) is 76.3 Å². The molecule has 1 aromatic heterocycles. The van der Waals surface area contributed by atoms with Crippen molar-refractivity contribution >= 4 is 32.7 Å². The molecule has 2 N–H and O–H groups in total. The van der Waals surface area contributed by atoms with E-state index in [4.69, 9.17) is 5.73 Å². The molecule has 1 aromatic carbocycles. The SMILES string of the molecule is Cc1ncc(S(=O)(=O)N2CCc3cc(N)ccc32)s1. The number of aromatic nitrogens is 1. The summed E-state index contributed by atoms with van der Waals surface area (Å²) >= 11 is 1.19. The molecule has 0 radical (unpaired) electrons. The van der Waals surface area contributed by atoms with E-state index < -0.39 is 10.0 Å². The number of anilines is 2. The molecule has 0 amide bonds. The van der Waals surface area contributed by atoms with Crippen molar-refractivity contribution in [2.75, 3.05) is 16.6 Å². The van der Waals surface area contributed by atoms with Crippen LogP contribution in [0.3, 0.4) is 0 Å². The van der Waals surface area contributed by atoms with Crippen LogP contribution in [-0.4, -0.2) is 19.9 Å². The zero-order valence-corrected chi connectivity index (χ0v) is 12.0. The standard InChI is InChI=1S/C12H13N3O2S2/c1-8-14-7-12(18-8)19(16,17)15-5-4-9-6-10(13)2-3-11(9)15/h2-3,6-7H,4-5,13H2,1H3. The zero-order valence-electron chi connectivity index (χ0n) is 10.3. The number of nitrogens with two attached hydrogens (primary N) is 1. The van der Waals surface area contributed by atoms with Gasteiger partial charge < -0.3 is 5.73 Å². The number of nitrogens with zero attached hydrogens (tertiary/aromatic N) is 2. The van der Waals surface area contributed by atoms with Gasteiger partial charge in [0.2, 0.25) is 0 Å². The van der Waals surface area contributed by atoms with Crippen LogP contribution in [0.4, 0.5) is 11.4 Å². The molecule has 7 heteroatoms. The Hall–Kier alpha value is -1.60. The second kappa shape index (κ2) is 4.21. The first-order valence-electron chi connectivity index (χ1n) is 5.82. The first-order valence-corrected chi connectivity index (χ1v) is 8.08. The Morgan fingerprint density at radius 1 is 1.42 bits per heavy atom. The lowest BCUT2D eigenvalue weighted by Gasteiger charge is -2.18. The van der Waals surface area contributed by atoms with Gasteiger partial charge in [-0.25, -0.2) is 13.4 Å². The molecule has 5 nitrogen and oxygen atoms in total. The summed E-state index contributed by atoms with van der Waals surface area (Å²) in [7, 11) is -3.50.